The number of benzene rings is 3. The average Bonchev–Trinajstić information content (AvgIpc) is 4.14. The first-order chi connectivity index (χ1) is 36.9. The Balaban J connectivity index is 0.999. The van der Waals surface area contributed by atoms with Gasteiger partial charge in [-0.1, -0.05) is 128 Å². The Hall–Kier alpha value is -6.02. The lowest BCUT2D eigenvalue weighted by Crippen LogP contribution is -2.51. The molecule has 422 valence electrons. The summed E-state index contributed by atoms with van der Waals surface area (Å²) in [6.45, 7) is 17.5. The number of hydrogen-bond donors (Lipinski definition) is 5. The molecule has 3 aromatic rings. The fraction of sp³-hybridized carbons (Fsp3) is 0.594. The topological polar surface area (TPSA) is 200 Å². The smallest absolute Gasteiger partial charge is 0.243 e. The maximum absolute atomic E-state index is 14.7. The molecule has 1 unspecified atom stereocenters. The van der Waals surface area contributed by atoms with Crippen molar-refractivity contribution in [3.63, 3.8) is 0 Å². The summed E-state index contributed by atoms with van der Waals surface area (Å²) in [6.07, 6.45) is 6.97. The molecule has 3 aromatic carbocycles. The van der Waals surface area contributed by atoms with E-state index in [-0.39, 0.29) is 116 Å². The molecule has 11 atom stereocenters. The van der Waals surface area contributed by atoms with E-state index in [1.54, 1.807) is 18.9 Å². The molecule has 1 saturated heterocycles. The van der Waals surface area contributed by atoms with E-state index in [1.807, 2.05) is 110 Å². The lowest BCUT2D eigenvalue weighted by Gasteiger charge is -2.36. The molecule has 4 aliphatic rings. The highest BCUT2D eigenvalue weighted by Crippen LogP contribution is 2.42. The van der Waals surface area contributed by atoms with Gasteiger partial charge in [-0.05, 0) is 122 Å². The van der Waals surface area contributed by atoms with Crippen LogP contribution in [-0.4, -0.2) is 89.5 Å². The Labute approximate surface area is 463 Å². The third kappa shape index (κ3) is 14.8. The van der Waals surface area contributed by atoms with Crippen LogP contribution in [0.5, 0.6) is 0 Å². The van der Waals surface area contributed by atoms with Gasteiger partial charge < -0.3 is 31.5 Å². The van der Waals surface area contributed by atoms with Gasteiger partial charge in [-0.3, -0.25) is 38.4 Å². The Morgan fingerprint density at radius 3 is 1.59 bits per heavy atom. The minimum atomic E-state index is -0.840. The monoisotopic (exact) mass is 1070 g/mol. The van der Waals surface area contributed by atoms with Gasteiger partial charge >= 0.3 is 0 Å². The summed E-state index contributed by atoms with van der Waals surface area (Å²) in [5.41, 5.74) is 4.91. The number of likely N-dealkylation sites (tertiary alicyclic amines) is 1. The van der Waals surface area contributed by atoms with Crippen molar-refractivity contribution in [3.05, 3.63) is 106 Å². The van der Waals surface area contributed by atoms with Crippen LogP contribution < -0.4 is 26.6 Å². The second kappa shape index (κ2) is 25.8. The lowest BCUT2D eigenvalue weighted by molar-refractivity contribution is -0.146. The number of nitrogens with zero attached hydrogens (tertiary/aromatic N) is 1. The van der Waals surface area contributed by atoms with E-state index in [4.69, 9.17) is 0 Å². The number of amides is 5. The van der Waals surface area contributed by atoms with E-state index in [9.17, 15) is 38.4 Å². The maximum atomic E-state index is 14.7. The fourth-order valence-electron chi connectivity index (χ4n) is 12.5. The maximum Gasteiger partial charge on any atom is 0.243 e. The largest absolute Gasteiger partial charge is 0.353 e. The molecule has 5 amide bonds. The number of aryl methyl sites for hydroxylation is 2. The van der Waals surface area contributed by atoms with Gasteiger partial charge in [0, 0.05) is 61.1 Å². The van der Waals surface area contributed by atoms with Gasteiger partial charge in [-0.15, -0.1) is 0 Å². The van der Waals surface area contributed by atoms with Gasteiger partial charge in [-0.2, -0.15) is 0 Å². The number of rotatable bonds is 21. The first-order valence-electron chi connectivity index (χ1n) is 28.9. The highest BCUT2D eigenvalue weighted by Gasteiger charge is 2.49. The molecule has 14 nitrogen and oxygen atoms in total. The molecule has 2 fully saturated rings. The number of hydrogen-bond acceptors (Lipinski definition) is 9. The molecule has 1 heterocycles. The van der Waals surface area contributed by atoms with Crippen molar-refractivity contribution in [1.82, 2.24) is 31.5 Å². The highest BCUT2D eigenvalue weighted by molar-refractivity contribution is 5.96. The van der Waals surface area contributed by atoms with Gasteiger partial charge in [0.05, 0.1) is 31.0 Å². The van der Waals surface area contributed by atoms with Crippen LogP contribution in [-0.2, 0) is 64.0 Å². The predicted molar refractivity (Wildman–Crippen MR) is 303 cm³/mol. The van der Waals surface area contributed by atoms with Crippen molar-refractivity contribution in [2.24, 2.45) is 40.4 Å². The van der Waals surface area contributed by atoms with Gasteiger partial charge in [0.2, 0.25) is 29.5 Å². The molecule has 14 heteroatoms. The number of Topliss-reactive ketones (excluding diaryl/α,β-unsaturated/α-hetero) is 3. The van der Waals surface area contributed by atoms with Crippen LogP contribution >= 0.6 is 0 Å². The molecule has 0 radical (unpaired) electrons. The van der Waals surface area contributed by atoms with Crippen molar-refractivity contribution in [3.8, 4) is 0 Å². The summed E-state index contributed by atoms with van der Waals surface area (Å²) in [6, 6.07) is 20.9. The number of ketones is 3. The summed E-state index contributed by atoms with van der Waals surface area (Å²) in [7, 11) is 1.72. The van der Waals surface area contributed by atoms with Crippen molar-refractivity contribution < 1.29 is 38.4 Å². The fourth-order valence-corrected chi connectivity index (χ4v) is 12.5. The van der Waals surface area contributed by atoms with E-state index in [0.29, 0.717) is 12.0 Å². The van der Waals surface area contributed by atoms with Gasteiger partial charge in [-0.25, -0.2) is 0 Å². The lowest BCUT2D eigenvalue weighted by atomic mass is 9.70. The Morgan fingerprint density at radius 2 is 1.08 bits per heavy atom. The molecule has 1 saturated carbocycles. The standard InChI is InChI=1S/C64H88N6O8/c1-11-38(2)55(71)36-51(64(7,8)9)62(78)70-37-45(34-54(70)61(77)69-53-25-17-21-43-19-13-15-23-47(43)53)67-58(74)31-41-28-26-40(27-29-41)30-57(73)66-44-32-48(59(75)50(63(4,5)6)35-56(72)39(3)65-10)49(33-44)60(76)68-52-24-16-20-42-18-12-14-22-46(42)52/h12-15,18-19,22-23,26-29,38-39,44-45,48-54,65H,11,16-17,20-21,24-25,30-37H2,1-10H3,(H,66,73)(H,67,74)(H,68,76)(H,69,77)/t38-,39+,44-,45+,48?,49-,50-,51-,52-,53-,54+/m1/s1. The number of carbonyl (C=O) groups excluding carboxylic acids is 8. The molecule has 5 N–H and O–H groups in total. The van der Waals surface area contributed by atoms with Gasteiger partial charge in [0.1, 0.15) is 23.4 Å². The zero-order valence-corrected chi connectivity index (χ0v) is 48.1. The van der Waals surface area contributed by atoms with Gasteiger partial charge in [0.25, 0.3) is 0 Å². The van der Waals surface area contributed by atoms with Gasteiger partial charge in [0.15, 0.2) is 0 Å². The van der Waals surface area contributed by atoms with E-state index >= 15 is 0 Å². The Bertz CT molecular complexity index is 2490. The summed E-state index contributed by atoms with van der Waals surface area (Å²) < 4.78 is 0. The molecule has 0 spiro atoms. The zero-order chi connectivity index (χ0) is 56.6. The first-order valence-corrected chi connectivity index (χ1v) is 28.9. The number of likely N-dealkylation sites (N-methyl/N-ethyl adjacent to an activating group) is 1. The van der Waals surface area contributed by atoms with Crippen LogP contribution in [0.25, 0.3) is 0 Å². The van der Waals surface area contributed by atoms with E-state index in [1.165, 1.54) is 11.1 Å². The molecular weight excluding hydrogens is 981 g/mol. The first kappa shape index (κ1) is 59.6. The minimum absolute atomic E-state index is 0.0174. The van der Waals surface area contributed by atoms with Crippen LogP contribution in [0, 0.1) is 40.4 Å². The third-order valence-electron chi connectivity index (χ3n) is 17.6. The van der Waals surface area contributed by atoms with Crippen LogP contribution in [0.2, 0.25) is 0 Å². The van der Waals surface area contributed by atoms with Crippen LogP contribution in [0.4, 0.5) is 0 Å². The number of carbonyl (C=O) groups is 8. The second-order valence-electron chi connectivity index (χ2n) is 25.3. The van der Waals surface area contributed by atoms with Crippen molar-refractivity contribution in [1.29, 1.82) is 0 Å². The third-order valence-corrected chi connectivity index (χ3v) is 17.6. The summed E-state index contributed by atoms with van der Waals surface area (Å²) in [5, 5.41) is 15.8. The molecule has 3 aliphatic carbocycles. The van der Waals surface area contributed by atoms with Crippen LogP contribution in [0.3, 0.4) is 0 Å². The summed E-state index contributed by atoms with van der Waals surface area (Å²) in [5.74, 6) is -4.30. The second-order valence-corrected chi connectivity index (χ2v) is 25.3. The normalized spacial score (nSPS) is 23.6. The van der Waals surface area contributed by atoms with Crippen LogP contribution in [0.15, 0.2) is 72.8 Å². The quantitative estimate of drug-likeness (QED) is 0.0698. The molecule has 7 rings (SSSR count). The van der Waals surface area contributed by atoms with E-state index in [0.717, 1.165) is 55.2 Å². The zero-order valence-electron chi connectivity index (χ0n) is 48.1. The Kier molecular flexibility index (Phi) is 19.8. The van der Waals surface area contributed by atoms with E-state index < -0.39 is 58.7 Å². The van der Waals surface area contributed by atoms with E-state index in [2.05, 4.69) is 44.8 Å². The number of fused-ring (bicyclic) bond motifs is 2. The summed E-state index contributed by atoms with van der Waals surface area (Å²) in [4.78, 5) is 114. The average molecular weight is 1070 g/mol. The Morgan fingerprint density at radius 1 is 0.590 bits per heavy atom. The molecule has 78 heavy (non-hydrogen) atoms. The highest BCUT2D eigenvalue weighted by atomic mass is 16.2. The predicted octanol–water partition coefficient (Wildman–Crippen LogP) is 8.22. The van der Waals surface area contributed by atoms with Crippen molar-refractivity contribution in [2.45, 2.75) is 188 Å². The van der Waals surface area contributed by atoms with Crippen molar-refractivity contribution in [2.75, 3.05) is 13.6 Å². The summed E-state index contributed by atoms with van der Waals surface area (Å²) >= 11 is 0. The molecular formula is C64H88N6O8. The molecule has 0 aromatic heterocycles. The minimum Gasteiger partial charge on any atom is -0.353 e. The molecule has 1 aliphatic heterocycles. The van der Waals surface area contributed by atoms with Crippen LogP contribution in [0.1, 0.15) is 172 Å². The van der Waals surface area contributed by atoms with Crippen molar-refractivity contribution >= 4 is 46.9 Å². The number of nitrogens with one attached hydrogen (secondary N) is 5. The SMILES string of the molecule is CC[C@@H](C)C(=O)C[C@H](C(=O)N1C[C@@H](NC(=O)Cc2ccc(CC(=O)N[C@@H]3CC(C(=O)[C@@H](CC(=O)[C@H](C)NC)C(C)(C)C)[C@H](C(=O)N[C@@H]4CCCc5ccccc54)C3)cc2)C[C@H]1C(=O)N[C@@H]1CCCc2ccccc21)C(C)(C)C. The molecule has 0 bridgehead atoms.